The zero-order valence-electron chi connectivity index (χ0n) is 23.9. The molecule has 2 nitrogen and oxygen atoms in total. The van der Waals surface area contributed by atoms with E-state index < -0.39 is 0 Å². The molecular weight excluding hydrogens is 412 g/mol. The monoisotopic (exact) mass is 475 g/mol. The molecule has 0 fully saturated rings. The smallest absolute Gasteiger partial charge is 0.237 e. The van der Waals surface area contributed by atoms with Gasteiger partial charge in [-0.1, -0.05) is 143 Å². The molecule has 0 bridgehead atoms. The van der Waals surface area contributed by atoms with Gasteiger partial charge in [-0.3, -0.25) is 0 Å². The predicted octanol–water partition coefficient (Wildman–Crippen LogP) is 10.4. The van der Waals surface area contributed by atoms with Crippen LogP contribution in [0.2, 0.25) is 0 Å². The molecule has 200 valence electrons. The van der Waals surface area contributed by atoms with Crippen LogP contribution in [0.1, 0.15) is 168 Å². The molecule has 0 saturated heterocycles. The summed E-state index contributed by atoms with van der Waals surface area (Å²) in [6, 6.07) is 0. The van der Waals surface area contributed by atoms with Gasteiger partial charge in [0.2, 0.25) is 6.33 Å². The fourth-order valence-corrected chi connectivity index (χ4v) is 5.10. The average molecular weight is 476 g/mol. The van der Waals surface area contributed by atoms with Crippen LogP contribution in [-0.4, -0.2) is 4.57 Å². The van der Waals surface area contributed by atoms with Gasteiger partial charge in [0.05, 0.1) is 13.1 Å². The Hall–Kier alpha value is -0.790. The van der Waals surface area contributed by atoms with E-state index >= 15 is 0 Å². The minimum absolute atomic E-state index is 0.878. The number of rotatable bonds is 26. The summed E-state index contributed by atoms with van der Waals surface area (Å²) < 4.78 is 4.80. The Morgan fingerprint density at radius 3 is 1.50 bits per heavy atom. The van der Waals surface area contributed by atoms with Gasteiger partial charge in [0.15, 0.2) is 0 Å². The molecule has 0 N–H and O–H groups in total. The third kappa shape index (κ3) is 20.6. The molecule has 0 unspecified atom stereocenters. The van der Waals surface area contributed by atoms with Crippen molar-refractivity contribution in [2.45, 2.75) is 182 Å². The van der Waals surface area contributed by atoms with Crippen LogP contribution in [0.4, 0.5) is 0 Å². The molecule has 1 aromatic heterocycles. The van der Waals surface area contributed by atoms with Crippen LogP contribution in [-0.2, 0) is 13.1 Å². The molecule has 0 radical (unpaired) electrons. The molecule has 0 aliphatic carbocycles. The highest BCUT2D eigenvalue weighted by Crippen LogP contribution is 2.14. The molecule has 0 aromatic carbocycles. The topological polar surface area (TPSA) is 8.81 Å². The van der Waals surface area contributed by atoms with Gasteiger partial charge in [-0.25, -0.2) is 9.13 Å². The number of aryl methyl sites for hydroxylation is 2. The van der Waals surface area contributed by atoms with E-state index in [1.54, 1.807) is 0 Å². The van der Waals surface area contributed by atoms with Crippen LogP contribution in [0.5, 0.6) is 0 Å². The van der Waals surface area contributed by atoms with Crippen LogP contribution < -0.4 is 4.57 Å². The summed E-state index contributed by atoms with van der Waals surface area (Å²) in [7, 11) is 0. The maximum atomic E-state index is 2.40. The maximum Gasteiger partial charge on any atom is 0.243 e. The van der Waals surface area contributed by atoms with E-state index in [4.69, 9.17) is 0 Å². The molecule has 1 rings (SSSR count). The lowest BCUT2D eigenvalue weighted by atomic mass is 10.0. The Kier molecular flexibility index (Phi) is 22.0. The number of nitrogens with zero attached hydrogens (tertiary/aromatic N) is 2. The minimum Gasteiger partial charge on any atom is -0.237 e. The number of hydrogen-bond donors (Lipinski definition) is 0. The molecule has 2 heteroatoms. The molecule has 0 spiro atoms. The van der Waals surface area contributed by atoms with E-state index in [1.165, 1.54) is 161 Å². The van der Waals surface area contributed by atoms with Crippen LogP contribution in [0, 0.1) is 5.92 Å². The minimum atomic E-state index is 0.878. The SMILES string of the molecule is CCCCCCCCCCCCCCCCCn1cc[n+](CCCCCCCCCC(C)C)c1. The second-order valence-corrected chi connectivity index (χ2v) is 11.5. The first-order valence-electron chi connectivity index (χ1n) is 15.8. The Labute approximate surface area is 215 Å². The quantitative estimate of drug-likeness (QED) is 0.0930. The van der Waals surface area contributed by atoms with Crippen molar-refractivity contribution < 1.29 is 4.57 Å². The number of unbranched alkanes of at least 4 members (excludes halogenated alkanes) is 20. The lowest BCUT2D eigenvalue weighted by Crippen LogP contribution is -2.30. The van der Waals surface area contributed by atoms with Gasteiger partial charge in [0, 0.05) is 0 Å². The van der Waals surface area contributed by atoms with E-state index in [2.05, 4.69) is 48.6 Å². The third-order valence-electron chi connectivity index (χ3n) is 7.46. The first-order valence-corrected chi connectivity index (χ1v) is 15.8. The fourth-order valence-electron chi connectivity index (χ4n) is 5.10. The zero-order chi connectivity index (χ0) is 24.5. The van der Waals surface area contributed by atoms with Gasteiger partial charge >= 0.3 is 0 Å². The molecule has 0 amide bonds. The molecule has 1 heterocycles. The second-order valence-electron chi connectivity index (χ2n) is 11.5. The average Bonchev–Trinajstić information content (AvgIpc) is 3.28. The van der Waals surface area contributed by atoms with Crippen molar-refractivity contribution in [1.29, 1.82) is 0 Å². The highest BCUT2D eigenvalue weighted by Gasteiger charge is 2.04. The molecular formula is C32H63N2+. The summed E-state index contributed by atoms with van der Waals surface area (Å²) in [5.74, 6) is 0.878. The molecule has 34 heavy (non-hydrogen) atoms. The Morgan fingerprint density at radius 1 is 0.559 bits per heavy atom. The van der Waals surface area contributed by atoms with Crippen molar-refractivity contribution in [2.24, 2.45) is 5.92 Å². The second kappa shape index (κ2) is 23.9. The van der Waals surface area contributed by atoms with Crippen molar-refractivity contribution in [3.8, 4) is 0 Å². The van der Waals surface area contributed by atoms with Crippen molar-refractivity contribution in [1.82, 2.24) is 4.57 Å². The summed E-state index contributed by atoms with van der Waals surface area (Å²) in [5, 5.41) is 0. The summed E-state index contributed by atoms with van der Waals surface area (Å²) in [6.45, 7) is 9.37. The summed E-state index contributed by atoms with van der Waals surface area (Å²) in [6.07, 6.45) is 39.8. The van der Waals surface area contributed by atoms with E-state index in [9.17, 15) is 0 Å². The number of imidazole rings is 1. The standard InChI is InChI=1S/C32H63N2/c1-4-5-6-7-8-9-10-11-12-13-14-15-18-21-24-27-33-29-30-34(31-33)28-25-22-19-16-17-20-23-26-32(2)3/h29-32H,4-28H2,1-3H3/q+1. The first kappa shape index (κ1) is 31.2. The fraction of sp³-hybridized carbons (Fsp3) is 0.906. The third-order valence-corrected chi connectivity index (χ3v) is 7.46. The van der Waals surface area contributed by atoms with E-state index in [0.29, 0.717) is 0 Å². The van der Waals surface area contributed by atoms with Crippen molar-refractivity contribution >= 4 is 0 Å². The van der Waals surface area contributed by atoms with Crippen molar-refractivity contribution in [3.05, 3.63) is 18.7 Å². The van der Waals surface area contributed by atoms with Gasteiger partial charge in [-0.05, 0) is 31.6 Å². The van der Waals surface area contributed by atoms with E-state index in [-0.39, 0.29) is 0 Å². The lowest BCUT2D eigenvalue weighted by Gasteiger charge is -2.04. The largest absolute Gasteiger partial charge is 0.243 e. The van der Waals surface area contributed by atoms with Crippen LogP contribution >= 0.6 is 0 Å². The number of hydrogen-bond acceptors (Lipinski definition) is 0. The highest BCUT2D eigenvalue weighted by molar-refractivity contribution is 4.66. The molecule has 0 saturated carbocycles. The molecule has 0 aliphatic rings. The van der Waals surface area contributed by atoms with Crippen molar-refractivity contribution in [3.63, 3.8) is 0 Å². The zero-order valence-corrected chi connectivity index (χ0v) is 23.9. The highest BCUT2D eigenvalue weighted by atomic mass is 15.1. The normalized spacial score (nSPS) is 11.6. The molecule has 1 aromatic rings. The number of aromatic nitrogens is 2. The Bertz CT molecular complexity index is 519. The molecule has 0 aliphatic heterocycles. The van der Waals surface area contributed by atoms with Crippen molar-refractivity contribution in [2.75, 3.05) is 0 Å². The van der Waals surface area contributed by atoms with E-state index in [1.807, 2.05) is 0 Å². The van der Waals surface area contributed by atoms with Crippen LogP contribution in [0.15, 0.2) is 18.7 Å². The Balaban J connectivity index is 1.83. The first-order chi connectivity index (χ1) is 16.7. The van der Waals surface area contributed by atoms with Gasteiger partial charge in [-0.15, -0.1) is 0 Å². The van der Waals surface area contributed by atoms with Gasteiger partial charge < -0.3 is 0 Å². The Morgan fingerprint density at radius 2 is 1.00 bits per heavy atom. The van der Waals surface area contributed by atoms with E-state index in [0.717, 1.165) is 5.92 Å². The van der Waals surface area contributed by atoms with Crippen LogP contribution in [0.3, 0.4) is 0 Å². The van der Waals surface area contributed by atoms with Gasteiger partial charge in [-0.2, -0.15) is 0 Å². The summed E-state index contributed by atoms with van der Waals surface area (Å²) >= 11 is 0. The maximum absolute atomic E-state index is 2.40. The summed E-state index contributed by atoms with van der Waals surface area (Å²) in [5.41, 5.74) is 0. The predicted molar refractivity (Wildman–Crippen MR) is 151 cm³/mol. The lowest BCUT2D eigenvalue weighted by molar-refractivity contribution is -0.696. The van der Waals surface area contributed by atoms with Gasteiger partial charge in [0.25, 0.3) is 0 Å². The molecule has 0 atom stereocenters. The van der Waals surface area contributed by atoms with Gasteiger partial charge in [0.1, 0.15) is 12.4 Å². The van der Waals surface area contributed by atoms with Crippen LogP contribution in [0.25, 0.3) is 0 Å². The summed E-state index contributed by atoms with van der Waals surface area (Å²) in [4.78, 5) is 0.